The van der Waals surface area contributed by atoms with E-state index in [0.717, 1.165) is 0 Å². The number of halogens is 1. The molecular formula is C12H13FN2O2. The lowest BCUT2D eigenvalue weighted by Crippen LogP contribution is -2.18. The maximum Gasteiger partial charge on any atom is 0.219 e. The van der Waals surface area contributed by atoms with Crippen LogP contribution >= 0.6 is 0 Å². The Kier molecular flexibility index (Phi) is 4.95. The maximum atomic E-state index is 13.2. The summed E-state index contributed by atoms with van der Waals surface area (Å²) >= 11 is 0. The van der Waals surface area contributed by atoms with Gasteiger partial charge < -0.3 is 10.1 Å². The number of nitrogens with zero attached hydrogens (tertiary/aromatic N) is 1. The number of carbonyl (C=O) groups is 1. The Labute approximate surface area is 99.0 Å². The van der Waals surface area contributed by atoms with E-state index in [9.17, 15) is 9.18 Å². The minimum Gasteiger partial charge on any atom is -0.493 e. The second-order valence-corrected chi connectivity index (χ2v) is 3.38. The molecule has 0 atom stereocenters. The van der Waals surface area contributed by atoms with Crippen LogP contribution in [-0.2, 0) is 4.79 Å². The minimum absolute atomic E-state index is 0.0114. The van der Waals surface area contributed by atoms with Crippen molar-refractivity contribution in [2.75, 3.05) is 13.7 Å². The second-order valence-electron chi connectivity index (χ2n) is 3.38. The Morgan fingerprint density at radius 3 is 2.94 bits per heavy atom. The fourth-order valence-corrected chi connectivity index (χ4v) is 1.22. The summed E-state index contributed by atoms with van der Waals surface area (Å²) in [6.07, 6.45) is 0.927. The number of nitrogens with one attached hydrogen (secondary N) is 1. The number of hydrogen-bond acceptors (Lipinski definition) is 3. The van der Waals surface area contributed by atoms with E-state index in [4.69, 9.17) is 10.00 Å². The van der Waals surface area contributed by atoms with E-state index < -0.39 is 5.82 Å². The standard InChI is InChI=1S/C12H13FN2O2/c1-15-12(16)3-2-6-17-10-5-4-9(8-14)11(13)7-10/h4-5,7H,2-3,6H2,1H3,(H,15,16). The number of hydrogen-bond donors (Lipinski definition) is 1. The summed E-state index contributed by atoms with van der Waals surface area (Å²) in [6, 6.07) is 5.79. The fourth-order valence-electron chi connectivity index (χ4n) is 1.22. The van der Waals surface area contributed by atoms with E-state index in [-0.39, 0.29) is 11.5 Å². The van der Waals surface area contributed by atoms with Crippen LogP contribution in [0.2, 0.25) is 0 Å². The first kappa shape index (κ1) is 13.0. The van der Waals surface area contributed by atoms with Gasteiger partial charge >= 0.3 is 0 Å². The van der Waals surface area contributed by atoms with Crippen molar-refractivity contribution in [1.82, 2.24) is 5.32 Å². The Balaban J connectivity index is 2.40. The predicted molar refractivity (Wildman–Crippen MR) is 59.9 cm³/mol. The summed E-state index contributed by atoms with van der Waals surface area (Å²) in [5.41, 5.74) is -0.0114. The van der Waals surface area contributed by atoms with Gasteiger partial charge in [-0.1, -0.05) is 0 Å². The quantitative estimate of drug-likeness (QED) is 0.790. The molecule has 5 heteroatoms. The molecule has 0 fully saturated rings. The molecular weight excluding hydrogens is 223 g/mol. The number of rotatable bonds is 5. The Bertz CT molecular complexity index is 441. The van der Waals surface area contributed by atoms with Crippen molar-refractivity contribution in [3.8, 4) is 11.8 Å². The third-order valence-corrected chi connectivity index (χ3v) is 2.16. The first-order chi connectivity index (χ1) is 8.17. The van der Waals surface area contributed by atoms with Crippen LogP contribution in [0.4, 0.5) is 4.39 Å². The molecule has 1 aromatic rings. The van der Waals surface area contributed by atoms with Crippen LogP contribution in [0, 0.1) is 17.1 Å². The molecule has 0 saturated carbocycles. The van der Waals surface area contributed by atoms with Gasteiger partial charge in [-0.3, -0.25) is 4.79 Å². The lowest BCUT2D eigenvalue weighted by molar-refractivity contribution is -0.120. The van der Waals surface area contributed by atoms with Crippen LogP contribution in [0.15, 0.2) is 18.2 Å². The maximum absolute atomic E-state index is 13.2. The van der Waals surface area contributed by atoms with Crippen molar-refractivity contribution < 1.29 is 13.9 Å². The zero-order valence-corrected chi connectivity index (χ0v) is 9.50. The van der Waals surface area contributed by atoms with Gasteiger partial charge in [0.2, 0.25) is 5.91 Å². The molecule has 0 aliphatic heterocycles. The molecule has 90 valence electrons. The summed E-state index contributed by atoms with van der Waals surface area (Å²) in [5.74, 6) is -0.297. The first-order valence-corrected chi connectivity index (χ1v) is 5.20. The molecule has 0 heterocycles. The smallest absolute Gasteiger partial charge is 0.219 e. The molecule has 4 nitrogen and oxygen atoms in total. The molecule has 0 radical (unpaired) electrons. The van der Waals surface area contributed by atoms with Crippen molar-refractivity contribution in [3.63, 3.8) is 0 Å². The van der Waals surface area contributed by atoms with Crippen molar-refractivity contribution in [2.24, 2.45) is 0 Å². The SMILES string of the molecule is CNC(=O)CCCOc1ccc(C#N)c(F)c1. The molecule has 0 spiro atoms. The third kappa shape index (κ3) is 4.11. The van der Waals surface area contributed by atoms with Gasteiger partial charge in [-0.25, -0.2) is 4.39 Å². The van der Waals surface area contributed by atoms with Crippen molar-refractivity contribution >= 4 is 5.91 Å². The average Bonchev–Trinajstić information content (AvgIpc) is 2.34. The van der Waals surface area contributed by atoms with Crippen LogP contribution in [0.1, 0.15) is 18.4 Å². The minimum atomic E-state index is -0.601. The average molecular weight is 236 g/mol. The zero-order valence-electron chi connectivity index (χ0n) is 9.50. The predicted octanol–water partition coefficient (Wildman–Crippen LogP) is 1.60. The highest BCUT2D eigenvalue weighted by atomic mass is 19.1. The van der Waals surface area contributed by atoms with Crippen LogP contribution in [0.25, 0.3) is 0 Å². The Morgan fingerprint density at radius 1 is 1.59 bits per heavy atom. The molecule has 1 aromatic carbocycles. The van der Waals surface area contributed by atoms with Gasteiger partial charge in [0, 0.05) is 19.5 Å². The molecule has 1 rings (SSSR count). The van der Waals surface area contributed by atoms with Gasteiger partial charge in [-0.05, 0) is 18.6 Å². The normalized spacial score (nSPS) is 9.47. The van der Waals surface area contributed by atoms with E-state index in [1.807, 2.05) is 0 Å². The molecule has 17 heavy (non-hydrogen) atoms. The van der Waals surface area contributed by atoms with Gasteiger partial charge in [0.15, 0.2) is 0 Å². The molecule has 1 N–H and O–H groups in total. The molecule has 0 aromatic heterocycles. The molecule has 0 bridgehead atoms. The molecule has 0 aliphatic rings. The fraction of sp³-hybridized carbons (Fsp3) is 0.333. The molecule has 0 saturated heterocycles. The zero-order chi connectivity index (χ0) is 12.7. The van der Waals surface area contributed by atoms with E-state index in [1.165, 1.54) is 18.2 Å². The van der Waals surface area contributed by atoms with Crippen molar-refractivity contribution in [1.29, 1.82) is 5.26 Å². The number of ether oxygens (including phenoxy) is 1. The molecule has 0 unspecified atom stereocenters. The van der Waals surface area contributed by atoms with Gasteiger partial charge in [-0.2, -0.15) is 5.26 Å². The number of amides is 1. The van der Waals surface area contributed by atoms with Gasteiger partial charge in [-0.15, -0.1) is 0 Å². The first-order valence-electron chi connectivity index (χ1n) is 5.20. The highest BCUT2D eigenvalue weighted by molar-refractivity contribution is 5.75. The van der Waals surface area contributed by atoms with E-state index >= 15 is 0 Å². The molecule has 1 amide bonds. The Hall–Kier alpha value is -2.09. The van der Waals surface area contributed by atoms with Gasteiger partial charge in [0.05, 0.1) is 12.2 Å². The summed E-state index contributed by atoms with van der Waals surface area (Å²) in [7, 11) is 1.57. The summed E-state index contributed by atoms with van der Waals surface area (Å²) in [4.78, 5) is 10.9. The van der Waals surface area contributed by atoms with Crippen LogP contribution in [-0.4, -0.2) is 19.6 Å². The van der Waals surface area contributed by atoms with Crippen LogP contribution in [0.3, 0.4) is 0 Å². The number of benzene rings is 1. The third-order valence-electron chi connectivity index (χ3n) is 2.16. The Morgan fingerprint density at radius 2 is 2.35 bits per heavy atom. The highest BCUT2D eigenvalue weighted by Crippen LogP contribution is 2.16. The second kappa shape index (κ2) is 6.48. The largest absolute Gasteiger partial charge is 0.493 e. The number of carbonyl (C=O) groups excluding carboxylic acids is 1. The van der Waals surface area contributed by atoms with E-state index in [2.05, 4.69) is 5.32 Å². The van der Waals surface area contributed by atoms with Crippen molar-refractivity contribution in [3.05, 3.63) is 29.6 Å². The topological polar surface area (TPSA) is 62.1 Å². The number of nitriles is 1. The van der Waals surface area contributed by atoms with Gasteiger partial charge in [0.25, 0.3) is 0 Å². The summed E-state index contributed by atoms with van der Waals surface area (Å²) in [5, 5.41) is 11.0. The lowest BCUT2D eigenvalue weighted by atomic mass is 10.2. The van der Waals surface area contributed by atoms with E-state index in [1.54, 1.807) is 13.1 Å². The highest BCUT2D eigenvalue weighted by Gasteiger charge is 2.03. The van der Waals surface area contributed by atoms with Crippen molar-refractivity contribution in [2.45, 2.75) is 12.8 Å². The molecule has 0 aliphatic carbocycles. The van der Waals surface area contributed by atoms with Crippen LogP contribution in [0.5, 0.6) is 5.75 Å². The monoisotopic (exact) mass is 236 g/mol. The van der Waals surface area contributed by atoms with E-state index in [0.29, 0.717) is 25.2 Å². The summed E-state index contributed by atoms with van der Waals surface area (Å²) in [6.45, 7) is 0.332. The summed E-state index contributed by atoms with van der Waals surface area (Å²) < 4.78 is 18.4. The lowest BCUT2D eigenvalue weighted by Gasteiger charge is -2.06. The van der Waals surface area contributed by atoms with Crippen LogP contribution < -0.4 is 10.1 Å². The van der Waals surface area contributed by atoms with Gasteiger partial charge in [0.1, 0.15) is 17.6 Å².